The third kappa shape index (κ3) is 9.44. The number of benzene rings is 2. The molecule has 2 aromatic rings. The molecule has 6 nitrogen and oxygen atoms in total. The summed E-state index contributed by atoms with van der Waals surface area (Å²) in [5.74, 6) is 0.0230. The van der Waals surface area contributed by atoms with E-state index in [4.69, 9.17) is 20.8 Å². The molecule has 0 radical (unpaired) electrons. The van der Waals surface area contributed by atoms with E-state index in [-0.39, 0.29) is 23.0 Å². The lowest BCUT2D eigenvalue weighted by Crippen LogP contribution is -2.49. The SMILES string of the molecule is CC(=O)c1ccc(NC[C@@H](C)N(C[C@H](O[Si](C)(C)C(C)(C)C)c2cccc(Cl)c2)C(=O)OC(C)(C)C)cc1. The Morgan fingerprint density at radius 3 is 2.13 bits per heavy atom. The fourth-order valence-corrected chi connectivity index (χ4v) is 5.06. The van der Waals surface area contributed by atoms with Crippen LogP contribution in [0.15, 0.2) is 48.5 Å². The summed E-state index contributed by atoms with van der Waals surface area (Å²) in [6.07, 6.45) is -0.774. The summed E-state index contributed by atoms with van der Waals surface area (Å²) in [6, 6.07) is 14.8. The molecule has 0 aromatic heterocycles. The number of anilines is 1. The van der Waals surface area contributed by atoms with Crippen molar-refractivity contribution in [2.45, 2.75) is 91.3 Å². The van der Waals surface area contributed by atoms with Crippen LogP contribution in [0.1, 0.15) is 77.4 Å². The standard InChI is InChI=1S/C30H45ClN2O4Si/c1-21(19-32-26-16-14-23(15-17-26)22(2)34)33(28(35)36-29(3,4)5)20-27(24-12-11-13-25(31)18-24)37-38(9,10)30(6,7)8/h11-18,21,27,32H,19-20H2,1-10H3/t21-,27+/m1/s1. The van der Waals surface area contributed by atoms with Gasteiger partial charge < -0.3 is 19.4 Å². The number of ketones is 1. The molecular formula is C30H45ClN2O4Si. The van der Waals surface area contributed by atoms with E-state index in [0.29, 0.717) is 23.7 Å². The molecular weight excluding hydrogens is 516 g/mol. The first-order valence-corrected chi connectivity index (χ1v) is 16.5. The summed E-state index contributed by atoms with van der Waals surface area (Å²) in [5.41, 5.74) is 1.81. The molecule has 8 heteroatoms. The lowest BCUT2D eigenvalue weighted by Gasteiger charge is -2.41. The Morgan fingerprint density at radius 1 is 1.03 bits per heavy atom. The number of hydrogen-bond acceptors (Lipinski definition) is 5. The minimum Gasteiger partial charge on any atom is -0.444 e. The molecule has 0 saturated carbocycles. The van der Waals surface area contributed by atoms with Crippen molar-refractivity contribution in [1.29, 1.82) is 0 Å². The van der Waals surface area contributed by atoms with E-state index in [9.17, 15) is 9.59 Å². The van der Waals surface area contributed by atoms with Crippen LogP contribution >= 0.6 is 11.6 Å². The molecule has 0 bridgehead atoms. The molecule has 210 valence electrons. The van der Waals surface area contributed by atoms with Crippen LogP contribution in [0.2, 0.25) is 23.2 Å². The summed E-state index contributed by atoms with van der Waals surface area (Å²) in [5, 5.41) is 4.00. The number of rotatable bonds is 10. The van der Waals surface area contributed by atoms with Crippen LogP contribution in [-0.4, -0.2) is 49.8 Å². The van der Waals surface area contributed by atoms with E-state index >= 15 is 0 Å². The van der Waals surface area contributed by atoms with E-state index in [0.717, 1.165) is 11.3 Å². The van der Waals surface area contributed by atoms with Gasteiger partial charge in [-0.25, -0.2) is 4.79 Å². The maximum Gasteiger partial charge on any atom is 0.410 e. The van der Waals surface area contributed by atoms with Crippen molar-refractivity contribution in [3.8, 4) is 0 Å². The molecule has 0 unspecified atom stereocenters. The molecule has 2 rings (SSSR count). The van der Waals surface area contributed by atoms with Gasteiger partial charge in [-0.3, -0.25) is 4.79 Å². The van der Waals surface area contributed by atoms with Crippen LogP contribution in [-0.2, 0) is 9.16 Å². The van der Waals surface area contributed by atoms with Gasteiger partial charge in [0.15, 0.2) is 14.1 Å². The number of ether oxygens (including phenoxy) is 1. The molecule has 0 aliphatic heterocycles. The molecule has 38 heavy (non-hydrogen) atoms. The van der Waals surface area contributed by atoms with E-state index in [2.05, 4.69) is 39.2 Å². The van der Waals surface area contributed by atoms with Crippen LogP contribution < -0.4 is 5.32 Å². The van der Waals surface area contributed by atoms with Crippen LogP contribution in [0.3, 0.4) is 0 Å². The molecule has 0 heterocycles. The predicted molar refractivity (Wildman–Crippen MR) is 160 cm³/mol. The Bertz CT molecular complexity index is 1090. The molecule has 0 aliphatic carbocycles. The zero-order chi connectivity index (χ0) is 28.9. The Balaban J connectivity index is 2.36. The van der Waals surface area contributed by atoms with Crippen LogP contribution in [0.25, 0.3) is 0 Å². The van der Waals surface area contributed by atoms with Gasteiger partial charge in [-0.15, -0.1) is 0 Å². The zero-order valence-corrected chi connectivity index (χ0v) is 26.4. The summed E-state index contributed by atoms with van der Waals surface area (Å²) in [4.78, 5) is 26.8. The van der Waals surface area contributed by atoms with Crippen molar-refractivity contribution in [2.75, 3.05) is 18.4 Å². The van der Waals surface area contributed by atoms with Crippen LogP contribution in [0, 0.1) is 0 Å². The van der Waals surface area contributed by atoms with Crippen molar-refractivity contribution in [1.82, 2.24) is 4.90 Å². The number of carbonyl (C=O) groups excluding carboxylic acids is 2. The predicted octanol–water partition coefficient (Wildman–Crippen LogP) is 8.34. The molecule has 0 saturated heterocycles. The molecule has 1 amide bonds. The number of amides is 1. The largest absolute Gasteiger partial charge is 0.444 e. The number of nitrogens with zero attached hydrogens (tertiary/aromatic N) is 1. The van der Waals surface area contributed by atoms with E-state index in [1.54, 1.807) is 24.0 Å². The third-order valence-electron chi connectivity index (χ3n) is 6.88. The van der Waals surface area contributed by atoms with Crippen LogP contribution in [0.4, 0.5) is 10.5 Å². The Labute approximate surface area is 235 Å². The van der Waals surface area contributed by atoms with Crippen molar-refractivity contribution in [2.24, 2.45) is 0 Å². The summed E-state index contributed by atoms with van der Waals surface area (Å²) < 4.78 is 12.7. The Morgan fingerprint density at radius 2 is 1.63 bits per heavy atom. The highest BCUT2D eigenvalue weighted by atomic mass is 35.5. The topological polar surface area (TPSA) is 67.9 Å². The Kier molecular flexibility index (Phi) is 10.6. The zero-order valence-electron chi connectivity index (χ0n) is 24.6. The lowest BCUT2D eigenvalue weighted by atomic mass is 10.1. The minimum atomic E-state index is -2.20. The average Bonchev–Trinajstić information content (AvgIpc) is 2.78. The summed E-state index contributed by atoms with van der Waals surface area (Å²) >= 11 is 6.37. The summed E-state index contributed by atoms with van der Waals surface area (Å²) in [7, 11) is -2.20. The van der Waals surface area contributed by atoms with Crippen molar-refractivity contribution >= 4 is 37.5 Å². The molecule has 0 aliphatic rings. The van der Waals surface area contributed by atoms with Gasteiger partial charge >= 0.3 is 6.09 Å². The van der Waals surface area contributed by atoms with Gasteiger partial charge in [0, 0.05) is 28.9 Å². The molecule has 2 aromatic carbocycles. The van der Waals surface area contributed by atoms with Crippen molar-refractivity contribution in [3.05, 3.63) is 64.7 Å². The fourth-order valence-electron chi connectivity index (χ4n) is 3.58. The minimum absolute atomic E-state index is 0.0141. The first-order valence-electron chi connectivity index (χ1n) is 13.2. The quantitative estimate of drug-likeness (QED) is 0.233. The van der Waals surface area contributed by atoms with Gasteiger partial charge in [-0.05, 0) is 94.7 Å². The molecule has 0 spiro atoms. The van der Waals surface area contributed by atoms with E-state index < -0.39 is 20.0 Å². The highest BCUT2D eigenvalue weighted by molar-refractivity contribution is 6.74. The van der Waals surface area contributed by atoms with Crippen LogP contribution in [0.5, 0.6) is 0 Å². The highest BCUT2D eigenvalue weighted by Crippen LogP contribution is 2.40. The number of nitrogens with one attached hydrogen (secondary N) is 1. The number of Topliss-reactive ketones (excluding diaryl/α,β-unsaturated/α-hetero) is 1. The maximum atomic E-state index is 13.5. The highest BCUT2D eigenvalue weighted by Gasteiger charge is 2.41. The Hall–Kier alpha value is -2.35. The fraction of sp³-hybridized carbons (Fsp3) is 0.533. The molecule has 2 atom stereocenters. The third-order valence-corrected chi connectivity index (χ3v) is 11.6. The molecule has 0 fully saturated rings. The van der Waals surface area contributed by atoms with Crippen molar-refractivity contribution in [3.63, 3.8) is 0 Å². The van der Waals surface area contributed by atoms with Crippen molar-refractivity contribution < 1.29 is 18.8 Å². The first-order chi connectivity index (χ1) is 17.4. The smallest absolute Gasteiger partial charge is 0.410 e. The normalized spacial score (nSPS) is 14.0. The maximum absolute atomic E-state index is 13.5. The second kappa shape index (κ2) is 12.7. The van der Waals surface area contributed by atoms with Gasteiger partial charge in [-0.2, -0.15) is 0 Å². The molecule has 1 N–H and O–H groups in total. The van der Waals surface area contributed by atoms with E-state index in [1.807, 2.05) is 64.1 Å². The van der Waals surface area contributed by atoms with E-state index in [1.165, 1.54) is 0 Å². The van der Waals surface area contributed by atoms with Gasteiger partial charge in [0.25, 0.3) is 0 Å². The second-order valence-corrected chi connectivity index (χ2v) is 17.6. The van der Waals surface area contributed by atoms with Gasteiger partial charge in [0.2, 0.25) is 0 Å². The number of hydrogen-bond donors (Lipinski definition) is 1. The van der Waals surface area contributed by atoms with Gasteiger partial charge in [0.05, 0.1) is 12.6 Å². The van der Waals surface area contributed by atoms with Gasteiger partial charge in [-0.1, -0.05) is 44.5 Å². The lowest BCUT2D eigenvalue weighted by molar-refractivity contribution is 0.00799. The second-order valence-electron chi connectivity index (χ2n) is 12.4. The average molecular weight is 561 g/mol. The first kappa shape index (κ1) is 31.9. The monoisotopic (exact) mass is 560 g/mol. The van der Waals surface area contributed by atoms with Gasteiger partial charge in [0.1, 0.15) is 5.60 Å². The number of halogens is 1. The number of carbonyl (C=O) groups is 2. The summed E-state index contributed by atoms with van der Waals surface area (Å²) in [6.45, 7) is 20.9.